The summed E-state index contributed by atoms with van der Waals surface area (Å²) in [4.78, 5) is 22.7. The molecule has 18 heavy (non-hydrogen) atoms. The topological polar surface area (TPSA) is 66.4 Å². The van der Waals surface area contributed by atoms with Crippen molar-refractivity contribution in [1.29, 1.82) is 0 Å². The Bertz CT molecular complexity index is 520. The van der Waals surface area contributed by atoms with Crippen molar-refractivity contribution in [2.45, 2.75) is 12.8 Å². The summed E-state index contributed by atoms with van der Waals surface area (Å²) in [6.07, 6.45) is 0.577. The Balaban J connectivity index is 2.20. The molecular weight excluding hydrogens is 284 g/mol. The summed E-state index contributed by atoms with van der Waals surface area (Å²) in [5, 5.41) is 10.8. The quantitative estimate of drug-likeness (QED) is 0.665. The van der Waals surface area contributed by atoms with E-state index in [0.29, 0.717) is 0 Å². The highest BCUT2D eigenvalue weighted by Gasteiger charge is 2.57. The van der Waals surface area contributed by atoms with Crippen LogP contribution in [0.5, 0.6) is 0 Å². The van der Waals surface area contributed by atoms with Gasteiger partial charge in [0.05, 0.1) is 10.0 Å². The van der Waals surface area contributed by atoms with Crippen molar-refractivity contribution in [2.75, 3.05) is 5.32 Å². The summed E-state index contributed by atoms with van der Waals surface area (Å²) >= 11 is 11.1. The molecule has 0 atom stereocenters. The number of nitrogens with one attached hydrogen (secondary N) is 1. The number of carbonyl (C=O) groups excluding carboxylic acids is 1. The fourth-order valence-electron chi connectivity index (χ4n) is 1.54. The third-order valence-corrected chi connectivity index (χ3v) is 3.39. The van der Waals surface area contributed by atoms with Crippen molar-refractivity contribution in [2.24, 2.45) is 5.41 Å². The van der Waals surface area contributed by atoms with E-state index in [-0.39, 0.29) is 28.6 Å². The second-order valence-electron chi connectivity index (χ2n) is 4.10. The van der Waals surface area contributed by atoms with Crippen molar-refractivity contribution in [3.05, 3.63) is 28.0 Å². The van der Waals surface area contributed by atoms with Crippen molar-refractivity contribution < 1.29 is 19.1 Å². The second-order valence-corrected chi connectivity index (χ2v) is 4.91. The molecule has 7 heteroatoms. The summed E-state index contributed by atoms with van der Waals surface area (Å²) in [6.45, 7) is 0. The van der Waals surface area contributed by atoms with Gasteiger partial charge in [0.2, 0.25) is 5.91 Å². The largest absolute Gasteiger partial charge is 0.480 e. The molecule has 1 fully saturated rings. The molecule has 0 aromatic heterocycles. The third-order valence-electron chi connectivity index (χ3n) is 2.84. The van der Waals surface area contributed by atoms with Crippen LogP contribution in [0.15, 0.2) is 12.1 Å². The number of rotatable bonds is 3. The lowest BCUT2D eigenvalue weighted by Gasteiger charge is -2.11. The van der Waals surface area contributed by atoms with Gasteiger partial charge in [-0.25, -0.2) is 4.39 Å². The van der Waals surface area contributed by atoms with Gasteiger partial charge >= 0.3 is 5.97 Å². The van der Waals surface area contributed by atoms with E-state index in [4.69, 9.17) is 28.3 Å². The van der Waals surface area contributed by atoms with Gasteiger partial charge in [-0.1, -0.05) is 23.2 Å². The molecule has 1 aliphatic rings. The molecule has 1 saturated carbocycles. The minimum atomic E-state index is -1.37. The zero-order valence-electron chi connectivity index (χ0n) is 8.97. The van der Waals surface area contributed by atoms with Crippen molar-refractivity contribution in [3.63, 3.8) is 0 Å². The zero-order valence-corrected chi connectivity index (χ0v) is 10.5. The van der Waals surface area contributed by atoms with E-state index in [1.807, 2.05) is 0 Å². The van der Waals surface area contributed by atoms with Crippen LogP contribution in [0, 0.1) is 11.2 Å². The zero-order chi connectivity index (χ0) is 13.5. The van der Waals surface area contributed by atoms with Crippen LogP contribution in [-0.4, -0.2) is 17.0 Å². The Morgan fingerprint density at radius 3 is 2.17 bits per heavy atom. The highest BCUT2D eigenvalue weighted by atomic mass is 35.5. The monoisotopic (exact) mass is 291 g/mol. The Labute approximate surface area is 112 Å². The standard InChI is InChI=1S/C11H8Cl2FNO3/c12-6-3-5(4-7(13)8(6)14)15-9(16)11(1-2-11)10(17)18/h3-4H,1-2H2,(H,15,16)(H,17,18). The molecule has 4 nitrogen and oxygen atoms in total. The number of hydrogen-bond donors (Lipinski definition) is 2. The fraction of sp³-hybridized carbons (Fsp3) is 0.273. The molecule has 0 aliphatic heterocycles. The molecule has 0 saturated heterocycles. The molecule has 0 radical (unpaired) electrons. The number of hydrogen-bond acceptors (Lipinski definition) is 2. The Kier molecular flexibility index (Phi) is 3.21. The van der Waals surface area contributed by atoms with E-state index in [0.717, 1.165) is 0 Å². The normalized spacial score (nSPS) is 16.2. The molecule has 1 amide bonds. The van der Waals surface area contributed by atoms with Crippen molar-refractivity contribution >= 4 is 40.8 Å². The van der Waals surface area contributed by atoms with E-state index >= 15 is 0 Å². The first-order valence-corrected chi connectivity index (χ1v) is 5.82. The molecule has 0 heterocycles. The van der Waals surface area contributed by atoms with Crippen LogP contribution in [-0.2, 0) is 9.59 Å². The number of benzene rings is 1. The average molecular weight is 292 g/mol. The van der Waals surface area contributed by atoms with Gasteiger partial charge in [-0.2, -0.15) is 0 Å². The second kappa shape index (κ2) is 4.40. The first-order chi connectivity index (χ1) is 8.36. The molecule has 2 N–H and O–H groups in total. The number of anilines is 1. The van der Waals surface area contributed by atoms with Crippen LogP contribution < -0.4 is 5.32 Å². The summed E-state index contributed by atoms with van der Waals surface area (Å²) in [7, 11) is 0. The summed E-state index contributed by atoms with van der Waals surface area (Å²) < 4.78 is 13.2. The van der Waals surface area contributed by atoms with Gasteiger partial charge in [-0.15, -0.1) is 0 Å². The van der Waals surface area contributed by atoms with Crippen LogP contribution in [0.25, 0.3) is 0 Å². The van der Waals surface area contributed by atoms with Gasteiger partial charge in [0.1, 0.15) is 5.41 Å². The van der Waals surface area contributed by atoms with Gasteiger partial charge in [-0.05, 0) is 25.0 Å². The first kappa shape index (κ1) is 13.1. The third kappa shape index (κ3) is 2.15. The molecular formula is C11H8Cl2FNO3. The van der Waals surface area contributed by atoms with Gasteiger partial charge in [-0.3, -0.25) is 9.59 Å². The van der Waals surface area contributed by atoms with E-state index in [1.54, 1.807) is 0 Å². The SMILES string of the molecule is O=C(O)C1(C(=O)Nc2cc(Cl)c(F)c(Cl)c2)CC1. The van der Waals surface area contributed by atoms with Gasteiger partial charge in [0, 0.05) is 5.69 Å². The van der Waals surface area contributed by atoms with Gasteiger partial charge in [0.15, 0.2) is 5.82 Å². The van der Waals surface area contributed by atoms with Crippen LogP contribution in [0.3, 0.4) is 0 Å². The molecule has 96 valence electrons. The number of carboxylic acids is 1. The maximum atomic E-state index is 13.2. The fourth-order valence-corrected chi connectivity index (χ4v) is 2.03. The number of carbonyl (C=O) groups is 2. The smallest absolute Gasteiger partial charge is 0.319 e. The lowest BCUT2D eigenvalue weighted by Crippen LogP contribution is -2.31. The minimum absolute atomic E-state index is 0.170. The minimum Gasteiger partial charge on any atom is -0.480 e. The lowest BCUT2D eigenvalue weighted by molar-refractivity contribution is -0.147. The Hall–Kier alpha value is -1.33. The summed E-state index contributed by atoms with van der Waals surface area (Å²) in [5.74, 6) is -2.59. The molecule has 1 aromatic carbocycles. The number of halogens is 3. The van der Waals surface area contributed by atoms with Crippen molar-refractivity contribution in [1.82, 2.24) is 0 Å². The van der Waals surface area contributed by atoms with E-state index in [2.05, 4.69) is 5.32 Å². The van der Waals surface area contributed by atoms with Crippen LogP contribution in [0.4, 0.5) is 10.1 Å². The maximum absolute atomic E-state index is 13.2. The summed E-state index contributed by atoms with van der Waals surface area (Å²) in [5.41, 5.74) is -1.20. The Morgan fingerprint density at radius 1 is 1.28 bits per heavy atom. The van der Waals surface area contributed by atoms with Crippen molar-refractivity contribution in [3.8, 4) is 0 Å². The van der Waals surface area contributed by atoms with Crippen LogP contribution in [0.2, 0.25) is 10.0 Å². The maximum Gasteiger partial charge on any atom is 0.319 e. The van der Waals surface area contributed by atoms with Crippen LogP contribution >= 0.6 is 23.2 Å². The first-order valence-electron chi connectivity index (χ1n) is 5.06. The number of aliphatic carboxylic acids is 1. The molecule has 0 unspecified atom stereocenters. The molecule has 0 spiro atoms. The van der Waals surface area contributed by atoms with E-state index < -0.39 is 23.1 Å². The highest BCUT2D eigenvalue weighted by molar-refractivity contribution is 6.35. The predicted molar refractivity (Wildman–Crippen MR) is 64.4 cm³/mol. The lowest BCUT2D eigenvalue weighted by atomic mass is 10.1. The molecule has 2 rings (SSSR count). The highest BCUT2D eigenvalue weighted by Crippen LogP contribution is 2.47. The number of carboxylic acid groups (broad SMARTS) is 1. The molecule has 1 aromatic rings. The van der Waals surface area contributed by atoms with Gasteiger partial charge in [0.25, 0.3) is 0 Å². The average Bonchev–Trinajstić information content (AvgIpc) is 3.06. The summed E-state index contributed by atoms with van der Waals surface area (Å²) in [6, 6.07) is 2.36. The molecule has 0 bridgehead atoms. The van der Waals surface area contributed by atoms with Crippen LogP contribution in [0.1, 0.15) is 12.8 Å². The predicted octanol–water partition coefficient (Wildman–Crippen LogP) is 2.94. The number of amides is 1. The van der Waals surface area contributed by atoms with E-state index in [9.17, 15) is 14.0 Å². The van der Waals surface area contributed by atoms with Gasteiger partial charge < -0.3 is 10.4 Å². The molecule has 1 aliphatic carbocycles. The Morgan fingerprint density at radius 2 is 1.78 bits per heavy atom. The van der Waals surface area contributed by atoms with E-state index in [1.165, 1.54) is 12.1 Å².